The van der Waals surface area contributed by atoms with Gasteiger partial charge in [-0.25, -0.2) is 0 Å². The van der Waals surface area contributed by atoms with Crippen molar-refractivity contribution in [2.45, 2.75) is 33.3 Å². The van der Waals surface area contributed by atoms with Gasteiger partial charge >= 0.3 is 0 Å². The average molecular weight is 188 g/mol. The van der Waals surface area contributed by atoms with Gasteiger partial charge < -0.3 is 4.74 Å². The molecule has 1 unspecified atom stereocenters. The highest BCUT2D eigenvalue weighted by Gasteiger charge is 2.02. The molecule has 1 nitrogen and oxygen atoms in total. The van der Waals surface area contributed by atoms with E-state index in [0.717, 1.165) is 12.2 Å². The summed E-state index contributed by atoms with van der Waals surface area (Å²) in [5, 5.41) is 0. The van der Waals surface area contributed by atoms with Crippen LogP contribution in [0.15, 0.2) is 12.2 Å². The van der Waals surface area contributed by atoms with Crippen molar-refractivity contribution in [3.63, 3.8) is 0 Å². The van der Waals surface area contributed by atoms with Crippen LogP contribution < -0.4 is 0 Å². The van der Waals surface area contributed by atoms with E-state index in [1.54, 1.807) is 0 Å². The van der Waals surface area contributed by atoms with Gasteiger partial charge in [-0.1, -0.05) is 26.0 Å². The zero-order chi connectivity index (χ0) is 9.40. The molecule has 0 N–H and O–H groups in total. The lowest BCUT2D eigenvalue weighted by Crippen LogP contribution is -2.11. The zero-order valence-corrected chi connectivity index (χ0v) is 9.18. The van der Waals surface area contributed by atoms with Gasteiger partial charge in [-0.05, 0) is 19.3 Å². The Morgan fingerprint density at radius 1 is 1.25 bits per heavy atom. The number of hydrogen-bond donors (Lipinski definition) is 1. The number of thiol groups is 1. The SMILES string of the molecule is CC(C)CC(C)OCC=CCS. The maximum absolute atomic E-state index is 5.53. The van der Waals surface area contributed by atoms with Gasteiger partial charge in [0.25, 0.3) is 0 Å². The van der Waals surface area contributed by atoms with Crippen molar-refractivity contribution in [2.24, 2.45) is 5.92 Å². The van der Waals surface area contributed by atoms with Crippen LogP contribution in [0, 0.1) is 5.92 Å². The minimum absolute atomic E-state index is 0.370. The van der Waals surface area contributed by atoms with E-state index in [4.69, 9.17) is 4.74 Å². The predicted molar refractivity (Wildman–Crippen MR) is 57.9 cm³/mol. The van der Waals surface area contributed by atoms with Crippen molar-refractivity contribution in [2.75, 3.05) is 12.4 Å². The number of ether oxygens (including phenoxy) is 1. The monoisotopic (exact) mass is 188 g/mol. The van der Waals surface area contributed by atoms with Gasteiger partial charge in [0, 0.05) is 5.75 Å². The van der Waals surface area contributed by atoms with E-state index in [-0.39, 0.29) is 0 Å². The molecule has 1 atom stereocenters. The molecule has 0 saturated carbocycles. The fourth-order valence-electron chi connectivity index (χ4n) is 1.09. The quantitative estimate of drug-likeness (QED) is 0.498. The highest BCUT2D eigenvalue weighted by molar-refractivity contribution is 7.80. The third kappa shape index (κ3) is 8.15. The molecular formula is C10H20OS. The summed E-state index contributed by atoms with van der Waals surface area (Å²) < 4.78 is 5.53. The van der Waals surface area contributed by atoms with E-state index in [9.17, 15) is 0 Å². The first-order chi connectivity index (χ1) is 5.66. The highest BCUT2D eigenvalue weighted by Crippen LogP contribution is 2.06. The Balaban J connectivity index is 3.31. The molecular weight excluding hydrogens is 168 g/mol. The van der Waals surface area contributed by atoms with Crippen molar-refractivity contribution >= 4 is 12.6 Å². The molecule has 0 aromatic carbocycles. The average Bonchev–Trinajstić information content (AvgIpc) is 1.97. The summed E-state index contributed by atoms with van der Waals surface area (Å²) in [5.41, 5.74) is 0. The third-order valence-corrected chi connectivity index (χ3v) is 1.76. The van der Waals surface area contributed by atoms with Gasteiger partial charge in [0.2, 0.25) is 0 Å². The zero-order valence-electron chi connectivity index (χ0n) is 8.29. The minimum atomic E-state index is 0.370. The maximum Gasteiger partial charge on any atom is 0.0651 e. The van der Waals surface area contributed by atoms with Crippen molar-refractivity contribution in [1.82, 2.24) is 0 Å². The summed E-state index contributed by atoms with van der Waals surface area (Å²) in [4.78, 5) is 0. The van der Waals surface area contributed by atoms with Gasteiger partial charge in [-0.15, -0.1) is 0 Å². The Bertz CT molecular complexity index is 121. The van der Waals surface area contributed by atoms with Crippen LogP contribution in [0.2, 0.25) is 0 Å². The molecule has 0 bridgehead atoms. The predicted octanol–water partition coefficient (Wildman–Crippen LogP) is 2.92. The molecule has 12 heavy (non-hydrogen) atoms. The minimum Gasteiger partial charge on any atom is -0.374 e. The first kappa shape index (κ1) is 12.0. The lowest BCUT2D eigenvalue weighted by molar-refractivity contribution is 0.0724. The van der Waals surface area contributed by atoms with Crippen LogP contribution in [-0.2, 0) is 4.74 Å². The molecule has 72 valence electrons. The standard InChI is InChI=1S/C10H20OS/c1-9(2)8-10(3)11-6-4-5-7-12/h4-5,9-10,12H,6-8H2,1-3H3. The van der Waals surface area contributed by atoms with Gasteiger partial charge in [0.05, 0.1) is 12.7 Å². The Hall–Kier alpha value is 0.0500. The Labute approximate surface area is 81.6 Å². The molecule has 0 aliphatic carbocycles. The van der Waals surface area contributed by atoms with Crippen LogP contribution >= 0.6 is 12.6 Å². The Morgan fingerprint density at radius 2 is 1.92 bits per heavy atom. The smallest absolute Gasteiger partial charge is 0.0651 e. The molecule has 0 heterocycles. The summed E-state index contributed by atoms with van der Waals surface area (Å²) >= 11 is 4.06. The van der Waals surface area contributed by atoms with Crippen LogP contribution in [0.4, 0.5) is 0 Å². The molecule has 2 heteroatoms. The van der Waals surface area contributed by atoms with E-state index < -0.39 is 0 Å². The Kier molecular flexibility index (Phi) is 7.72. The van der Waals surface area contributed by atoms with Crippen LogP contribution in [-0.4, -0.2) is 18.5 Å². The fourth-order valence-corrected chi connectivity index (χ4v) is 1.24. The second-order valence-electron chi connectivity index (χ2n) is 3.43. The van der Waals surface area contributed by atoms with Gasteiger partial charge in [-0.3, -0.25) is 0 Å². The third-order valence-electron chi connectivity index (χ3n) is 1.55. The largest absolute Gasteiger partial charge is 0.374 e. The van der Waals surface area contributed by atoms with Crippen molar-refractivity contribution in [1.29, 1.82) is 0 Å². The second-order valence-corrected chi connectivity index (χ2v) is 3.79. The van der Waals surface area contributed by atoms with Gasteiger partial charge in [-0.2, -0.15) is 12.6 Å². The highest BCUT2D eigenvalue weighted by atomic mass is 32.1. The number of hydrogen-bond acceptors (Lipinski definition) is 2. The first-order valence-electron chi connectivity index (χ1n) is 4.54. The molecule has 0 aliphatic rings. The van der Waals surface area contributed by atoms with Crippen LogP contribution in [0.3, 0.4) is 0 Å². The summed E-state index contributed by atoms with van der Waals surface area (Å²) in [6, 6.07) is 0. The van der Waals surface area contributed by atoms with Crippen molar-refractivity contribution < 1.29 is 4.74 Å². The summed E-state index contributed by atoms with van der Waals surface area (Å²) in [6.45, 7) is 7.26. The molecule has 0 spiro atoms. The fraction of sp³-hybridized carbons (Fsp3) is 0.800. The molecule has 0 radical (unpaired) electrons. The normalized spacial score (nSPS) is 14.4. The molecule has 0 aromatic heterocycles. The molecule has 0 rings (SSSR count). The molecule has 0 saturated heterocycles. The lowest BCUT2D eigenvalue weighted by atomic mass is 10.1. The van der Waals surface area contributed by atoms with E-state index in [1.807, 2.05) is 12.2 Å². The van der Waals surface area contributed by atoms with Gasteiger partial charge in [0.15, 0.2) is 0 Å². The van der Waals surface area contributed by atoms with Crippen molar-refractivity contribution in [3.8, 4) is 0 Å². The topological polar surface area (TPSA) is 9.23 Å². The lowest BCUT2D eigenvalue weighted by Gasteiger charge is -2.13. The first-order valence-corrected chi connectivity index (χ1v) is 5.17. The molecule has 0 fully saturated rings. The Morgan fingerprint density at radius 3 is 2.42 bits per heavy atom. The molecule has 0 amide bonds. The maximum atomic E-state index is 5.53. The van der Waals surface area contributed by atoms with Crippen LogP contribution in [0.5, 0.6) is 0 Å². The van der Waals surface area contributed by atoms with Crippen LogP contribution in [0.1, 0.15) is 27.2 Å². The van der Waals surface area contributed by atoms with E-state index in [0.29, 0.717) is 18.6 Å². The van der Waals surface area contributed by atoms with E-state index >= 15 is 0 Å². The second kappa shape index (κ2) is 7.69. The van der Waals surface area contributed by atoms with Gasteiger partial charge in [0.1, 0.15) is 0 Å². The van der Waals surface area contributed by atoms with Crippen molar-refractivity contribution in [3.05, 3.63) is 12.2 Å². The number of rotatable bonds is 6. The van der Waals surface area contributed by atoms with E-state index in [2.05, 4.69) is 33.4 Å². The molecule has 0 aromatic rings. The van der Waals surface area contributed by atoms with E-state index in [1.165, 1.54) is 0 Å². The summed E-state index contributed by atoms with van der Waals surface area (Å²) in [7, 11) is 0. The summed E-state index contributed by atoms with van der Waals surface area (Å²) in [6.07, 6.45) is 5.53. The van der Waals surface area contributed by atoms with Crippen LogP contribution in [0.25, 0.3) is 0 Å². The summed E-state index contributed by atoms with van der Waals surface area (Å²) in [5.74, 6) is 1.51. The molecule has 0 aliphatic heterocycles.